The molecule has 0 aliphatic rings. The highest BCUT2D eigenvalue weighted by Gasteiger charge is 2.09. The van der Waals surface area contributed by atoms with Crippen molar-refractivity contribution in [2.45, 2.75) is 26.2 Å². The van der Waals surface area contributed by atoms with Gasteiger partial charge in [-0.2, -0.15) is 0 Å². The Labute approximate surface area is 89.9 Å². The summed E-state index contributed by atoms with van der Waals surface area (Å²) >= 11 is 0. The number of hydrogen-bond donors (Lipinski definition) is 1. The first-order valence-electron chi connectivity index (χ1n) is 5.23. The van der Waals surface area contributed by atoms with Gasteiger partial charge in [0.25, 0.3) is 0 Å². The fraction of sp³-hybridized carbons (Fsp3) is 0.545. The van der Waals surface area contributed by atoms with Crippen LogP contribution in [-0.2, 0) is 0 Å². The van der Waals surface area contributed by atoms with Gasteiger partial charge < -0.3 is 5.73 Å². The number of carbonyl (C=O) groups excluding carboxylic acids is 1. The Morgan fingerprint density at radius 2 is 2.27 bits per heavy atom. The van der Waals surface area contributed by atoms with Crippen LogP contribution in [0.3, 0.4) is 0 Å². The van der Waals surface area contributed by atoms with Crippen molar-refractivity contribution in [2.75, 3.05) is 6.54 Å². The van der Waals surface area contributed by atoms with Crippen LogP contribution < -0.4 is 5.73 Å². The molecule has 4 nitrogen and oxygen atoms in total. The molecule has 1 aromatic heterocycles. The highest BCUT2D eigenvalue weighted by Crippen LogP contribution is 2.11. The lowest BCUT2D eigenvalue weighted by atomic mass is 9.99. The monoisotopic (exact) mass is 207 g/mol. The molecule has 2 N–H and O–H groups in total. The summed E-state index contributed by atoms with van der Waals surface area (Å²) in [5.74, 6) is 0.558. The molecule has 0 radical (unpaired) electrons. The van der Waals surface area contributed by atoms with Gasteiger partial charge >= 0.3 is 0 Å². The van der Waals surface area contributed by atoms with Crippen molar-refractivity contribution < 1.29 is 4.79 Å². The molecule has 0 fully saturated rings. The molecule has 1 rings (SSSR count). The molecule has 0 aromatic carbocycles. The fourth-order valence-corrected chi connectivity index (χ4v) is 1.38. The average Bonchev–Trinajstić information content (AvgIpc) is 2.27. The van der Waals surface area contributed by atoms with Gasteiger partial charge in [0.15, 0.2) is 5.78 Å². The molecular weight excluding hydrogens is 190 g/mol. The van der Waals surface area contributed by atoms with Crippen molar-refractivity contribution >= 4 is 5.78 Å². The molecule has 0 aliphatic carbocycles. The van der Waals surface area contributed by atoms with E-state index in [0.717, 1.165) is 12.8 Å². The van der Waals surface area contributed by atoms with Gasteiger partial charge in [0.05, 0.1) is 6.20 Å². The maximum Gasteiger partial charge on any atom is 0.182 e. The molecule has 1 atom stereocenters. The van der Waals surface area contributed by atoms with Crippen LogP contribution in [0, 0.1) is 5.92 Å². The van der Waals surface area contributed by atoms with Crippen molar-refractivity contribution in [1.29, 1.82) is 0 Å². The van der Waals surface area contributed by atoms with Gasteiger partial charge in [-0.1, -0.05) is 6.92 Å². The third-order valence-corrected chi connectivity index (χ3v) is 2.37. The van der Waals surface area contributed by atoms with Crippen molar-refractivity contribution in [3.63, 3.8) is 0 Å². The Balaban J connectivity index is 2.37. The predicted molar refractivity (Wildman–Crippen MR) is 58.4 cm³/mol. The standard InChI is InChI=1S/C11H17N3O/c1-9(4-5-12)2-3-11(15)10-8-13-6-7-14-10/h6-9H,2-5,12H2,1H3. The Bertz CT molecular complexity index is 300. The molecule has 1 aromatic rings. The maximum atomic E-state index is 11.6. The number of aromatic nitrogens is 2. The van der Waals surface area contributed by atoms with E-state index in [1.165, 1.54) is 12.4 Å². The zero-order valence-corrected chi connectivity index (χ0v) is 9.02. The van der Waals surface area contributed by atoms with E-state index >= 15 is 0 Å². The minimum absolute atomic E-state index is 0.0620. The summed E-state index contributed by atoms with van der Waals surface area (Å²) in [5.41, 5.74) is 5.90. The second-order valence-corrected chi connectivity index (χ2v) is 3.74. The van der Waals surface area contributed by atoms with Gasteiger partial charge in [-0.25, -0.2) is 4.98 Å². The Kier molecular flexibility index (Phi) is 4.90. The zero-order chi connectivity index (χ0) is 11.1. The van der Waals surface area contributed by atoms with E-state index in [1.54, 1.807) is 6.20 Å². The summed E-state index contributed by atoms with van der Waals surface area (Å²) in [4.78, 5) is 19.5. The molecule has 0 bridgehead atoms. The lowest BCUT2D eigenvalue weighted by molar-refractivity contribution is 0.0969. The smallest absolute Gasteiger partial charge is 0.182 e. The van der Waals surface area contributed by atoms with Crippen molar-refractivity contribution in [2.24, 2.45) is 11.7 Å². The molecule has 0 saturated carbocycles. The van der Waals surface area contributed by atoms with Crippen LogP contribution >= 0.6 is 0 Å². The number of nitrogens with two attached hydrogens (primary N) is 1. The lowest BCUT2D eigenvalue weighted by Gasteiger charge is -2.08. The normalized spacial score (nSPS) is 12.4. The van der Waals surface area contributed by atoms with Crippen LogP contribution in [0.15, 0.2) is 18.6 Å². The largest absolute Gasteiger partial charge is 0.330 e. The highest BCUT2D eigenvalue weighted by atomic mass is 16.1. The van der Waals surface area contributed by atoms with Crippen LogP contribution in [-0.4, -0.2) is 22.3 Å². The molecule has 1 unspecified atom stereocenters. The first kappa shape index (κ1) is 11.8. The van der Waals surface area contributed by atoms with E-state index in [2.05, 4.69) is 16.9 Å². The van der Waals surface area contributed by atoms with Gasteiger partial charge in [0, 0.05) is 18.8 Å². The minimum atomic E-state index is 0.0620. The SMILES string of the molecule is CC(CCN)CCC(=O)c1cnccn1. The van der Waals surface area contributed by atoms with Crippen LogP contribution in [0.2, 0.25) is 0 Å². The molecule has 0 spiro atoms. The van der Waals surface area contributed by atoms with Crippen molar-refractivity contribution in [1.82, 2.24) is 9.97 Å². The summed E-state index contributed by atoms with van der Waals surface area (Å²) in [6, 6.07) is 0. The summed E-state index contributed by atoms with van der Waals surface area (Å²) in [6.07, 6.45) is 6.97. The van der Waals surface area contributed by atoms with E-state index in [1.807, 2.05) is 0 Å². The van der Waals surface area contributed by atoms with Gasteiger partial charge in [-0.3, -0.25) is 9.78 Å². The van der Waals surface area contributed by atoms with Gasteiger partial charge in [0.1, 0.15) is 5.69 Å². The number of ketones is 1. The summed E-state index contributed by atoms with van der Waals surface area (Å²) in [5, 5.41) is 0. The highest BCUT2D eigenvalue weighted by molar-refractivity contribution is 5.93. The van der Waals surface area contributed by atoms with Crippen LogP contribution in [0.1, 0.15) is 36.7 Å². The third kappa shape index (κ3) is 4.16. The van der Waals surface area contributed by atoms with Crippen molar-refractivity contribution in [3.05, 3.63) is 24.3 Å². The zero-order valence-electron chi connectivity index (χ0n) is 9.02. The van der Waals surface area contributed by atoms with Crippen LogP contribution in [0.4, 0.5) is 0 Å². The molecule has 15 heavy (non-hydrogen) atoms. The molecule has 1 heterocycles. The predicted octanol–water partition coefficient (Wildman–Crippen LogP) is 1.42. The molecule has 0 aliphatic heterocycles. The summed E-state index contributed by atoms with van der Waals surface area (Å²) in [6.45, 7) is 2.79. The molecule has 0 amide bonds. The van der Waals surface area contributed by atoms with E-state index in [0.29, 0.717) is 24.6 Å². The summed E-state index contributed by atoms with van der Waals surface area (Å²) in [7, 11) is 0. The van der Waals surface area contributed by atoms with Crippen LogP contribution in [0.25, 0.3) is 0 Å². The first-order valence-corrected chi connectivity index (χ1v) is 5.23. The number of carbonyl (C=O) groups is 1. The van der Waals surface area contributed by atoms with Crippen molar-refractivity contribution in [3.8, 4) is 0 Å². The van der Waals surface area contributed by atoms with E-state index < -0.39 is 0 Å². The molecular formula is C11H17N3O. The van der Waals surface area contributed by atoms with E-state index in [-0.39, 0.29) is 5.78 Å². The molecule has 0 saturated heterocycles. The molecule has 4 heteroatoms. The number of hydrogen-bond acceptors (Lipinski definition) is 4. The Hall–Kier alpha value is -1.29. The number of nitrogens with zero attached hydrogens (tertiary/aromatic N) is 2. The molecule has 82 valence electrons. The van der Waals surface area contributed by atoms with Gasteiger partial charge in [-0.15, -0.1) is 0 Å². The quantitative estimate of drug-likeness (QED) is 0.716. The second kappa shape index (κ2) is 6.24. The average molecular weight is 207 g/mol. The first-order chi connectivity index (χ1) is 7.24. The number of rotatable bonds is 6. The number of Topliss-reactive ketones (excluding diaryl/α,β-unsaturated/α-hetero) is 1. The topological polar surface area (TPSA) is 68.9 Å². The Morgan fingerprint density at radius 3 is 2.87 bits per heavy atom. The summed E-state index contributed by atoms with van der Waals surface area (Å²) < 4.78 is 0. The van der Waals surface area contributed by atoms with Gasteiger partial charge in [-0.05, 0) is 25.3 Å². The van der Waals surface area contributed by atoms with Crippen LogP contribution in [0.5, 0.6) is 0 Å². The fourth-order valence-electron chi connectivity index (χ4n) is 1.38. The second-order valence-electron chi connectivity index (χ2n) is 3.74. The van der Waals surface area contributed by atoms with E-state index in [4.69, 9.17) is 5.73 Å². The Morgan fingerprint density at radius 1 is 1.47 bits per heavy atom. The lowest BCUT2D eigenvalue weighted by Crippen LogP contribution is -2.09. The van der Waals surface area contributed by atoms with Gasteiger partial charge in [0.2, 0.25) is 0 Å². The minimum Gasteiger partial charge on any atom is -0.330 e. The van der Waals surface area contributed by atoms with E-state index in [9.17, 15) is 4.79 Å². The third-order valence-electron chi connectivity index (χ3n) is 2.37. The maximum absolute atomic E-state index is 11.6.